The molecule has 0 aliphatic heterocycles. The summed E-state index contributed by atoms with van der Waals surface area (Å²) in [6.07, 6.45) is 6.87. The predicted octanol–water partition coefficient (Wildman–Crippen LogP) is 4.41. The SMILES string of the molecule is C=C/C=C(\C=C)N(C)C(=O)c1ccc(Cn2cnc3ccccc32)cc1. The summed E-state index contributed by atoms with van der Waals surface area (Å²) in [6, 6.07) is 15.7. The first-order valence-electron chi connectivity index (χ1n) is 8.36. The van der Waals surface area contributed by atoms with Gasteiger partial charge in [0, 0.05) is 24.9 Å². The van der Waals surface area contributed by atoms with E-state index in [0.717, 1.165) is 16.6 Å². The van der Waals surface area contributed by atoms with Gasteiger partial charge in [-0.1, -0.05) is 43.5 Å². The second-order valence-corrected chi connectivity index (χ2v) is 5.95. The largest absolute Gasteiger partial charge is 0.326 e. The van der Waals surface area contributed by atoms with Crippen LogP contribution in [-0.4, -0.2) is 27.4 Å². The first-order valence-corrected chi connectivity index (χ1v) is 8.36. The van der Waals surface area contributed by atoms with Crippen molar-refractivity contribution < 1.29 is 4.79 Å². The Morgan fingerprint density at radius 3 is 2.58 bits per heavy atom. The van der Waals surface area contributed by atoms with Gasteiger partial charge in [0.1, 0.15) is 0 Å². The number of benzene rings is 2. The van der Waals surface area contributed by atoms with E-state index >= 15 is 0 Å². The van der Waals surface area contributed by atoms with Crippen molar-refractivity contribution in [1.82, 2.24) is 14.5 Å². The Kier molecular flexibility index (Phi) is 5.13. The van der Waals surface area contributed by atoms with Gasteiger partial charge in [-0.05, 0) is 42.0 Å². The highest BCUT2D eigenvalue weighted by Gasteiger charge is 2.13. The van der Waals surface area contributed by atoms with Crippen molar-refractivity contribution in [3.8, 4) is 0 Å². The third-order valence-electron chi connectivity index (χ3n) is 4.27. The number of allylic oxidation sites excluding steroid dienone is 3. The molecule has 26 heavy (non-hydrogen) atoms. The minimum atomic E-state index is -0.0855. The zero-order valence-corrected chi connectivity index (χ0v) is 14.8. The minimum absolute atomic E-state index is 0.0855. The van der Waals surface area contributed by atoms with E-state index in [0.29, 0.717) is 17.8 Å². The monoisotopic (exact) mass is 343 g/mol. The van der Waals surface area contributed by atoms with Crippen LogP contribution in [0.5, 0.6) is 0 Å². The second kappa shape index (κ2) is 7.66. The molecule has 0 spiro atoms. The summed E-state index contributed by atoms with van der Waals surface area (Å²) < 4.78 is 2.10. The summed E-state index contributed by atoms with van der Waals surface area (Å²) in [5.74, 6) is -0.0855. The van der Waals surface area contributed by atoms with E-state index in [1.165, 1.54) is 0 Å². The summed E-state index contributed by atoms with van der Waals surface area (Å²) >= 11 is 0. The molecule has 0 bridgehead atoms. The van der Waals surface area contributed by atoms with Crippen LogP contribution in [0.25, 0.3) is 11.0 Å². The number of rotatable bonds is 6. The quantitative estimate of drug-likeness (QED) is 0.622. The summed E-state index contributed by atoms with van der Waals surface area (Å²) in [4.78, 5) is 18.6. The third-order valence-corrected chi connectivity index (χ3v) is 4.27. The van der Waals surface area contributed by atoms with E-state index in [9.17, 15) is 4.79 Å². The minimum Gasteiger partial charge on any atom is -0.326 e. The van der Waals surface area contributed by atoms with Crippen molar-refractivity contribution in [2.45, 2.75) is 6.54 Å². The molecule has 0 saturated heterocycles. The third kappa shape index (κ3) is 3.49. The summed E-state index contributed by atoms with van der Waals surface area (Å²) in [5, 5.41) is 0. The fourth-order valence-corrected chi connectivity index (χ4v) is 2.83. The van der Waals surface area contributed by atoms with Crippen molar-refractivity contribution in [3.05, 3.63) is 103 Å². The maximum atomic E-state index is 12.6. The molecule has 0 saturated carbocycles. The number of aromatic nitrogens is 2. The molecule has 0 radical (unpaired) electrons. The van der Waals surface area contributed by atoms with Crippen molar-refractivity contribution in [1.29, 1.82) is 0 Å². The van der Waals surface area contributed by atoms with Crippen molar-refractivity contribution >= 4 is 16.9 Å². The molecule has 1 heterocycles. The molecule has 1 amide bonds. The van der Waals surface area contributed by atoms with Gasteiger partial charge < -0.3 is 9.47 Å². The van der Waals surface area contributed by atoms with Gasteiger partial charge in [-0.3, -0.25) is 4.79 Å². The standard InChI is InChI=1S/C22H21N3O/c1-4-8-19(5-2)24(3)22(26)18-13-11-17(12-14-18)15-25-16-23-20-9-6-7-10-21(20)25/h4-14,16H,1-2,15H2,3H3/b19-8+. The molecular formula is C22H21N3O. The zero-order valence-electron chi connectivity index (χ0n) is 14.8. The number of hydrogen-bond acceptors (Lipinski definition) is 2. The molecule has 3 rings (SSSR count). The van der Waals surface area contributed by atoms with Crippen LogP contribution in [0.4, 0.5) is 0 Å². The molecular weight excluding hydrogens is 322 g/mol. The Morgan fingerprint density at radius 2 is 1.88 bits per heavy atom. The highest BCUT2D eigenvalue weighted by molar-refractivity contribution is 5.95. The lowest BCUT2D eigenvalue weighted by Crippen LogP contribution is -2.25. The molecule has 0 aliphatic carbocycles. The lowest BCUT2D eigenvalue weighted by atomic mass is 10.1. The molecule has 3 aromatic rings. The number of imidazole rings is 1. The van der Waals surface area contributed by atoms with Gasteiger partial charge >= 0.3 is 0 Å². The topological polar surface area (TPSA) is 38.1 Å². The number of hydrogen-bond donors (Lipinski definition) is 0. The van der Waals surface area contributed by atoms with Crippen molar-refractivity contribution in [3.63, 3.8) is 0 Å². The Labute approximate surface area is 153 Å². The number of carbonyl (C=O) groups is 1. The number of nitrogens with zero attached hydrogens (tertiary/aromatic N) is 3. The van der Waals surface area contributed by atoms with Crippen molar-refractivity contribution in [2.24, 2.45) is 0 Å². The lowest BCUT2D eigenvalue weighted by molar-refractivity contribution is 0.0840. The summed E-state index contributed by atoms with van der Waals surface area (Å²) in [7, 11) is 1.73. The first-order chi connectivity index (χ1) is 12.6. The van der Waals surface area contributed by atoms with Gasteiger partial charge in [-0.2, -0.15) is 0 Å². The predicted molar refractivity (Wildman–Crippen MR) is 106 cm³/mol. The van der Waals surface area contributed by atoms with Crippen LogP contribution >= 0.6 is 0 Å². The average molecular weight is 343 g/mol. The maximum Gasteiger partial charge on any atom is 0.258 e. The van der Waals surface area contributed by atoms with Gasteiger partial charge in [-0.25, -0.2) is 4.98 Å². The molecule has 2 aromatic carbocycles. The van der Waals surface area contributed by atoms with Gasteiger partial charge in [0.2, 0.25) is 0 Å². The highest BCUT2D eigenvalue weighted by Crippen LogP contribution is 2.16. The number of amides is 1. The van der Waals surface area contributed by atoms with E-state index in [-0.39, 0.29) is 5.91 Å². The van der Waals surface area contributed by atoms with E-state index in [2.05, 4.69) is 28.8 Å². The first kappa shape index (κ1) is 17.4. The molecule has 4 heteroatoms. The van der Waals surface area contributed by atoms with Crippen LogP contribution in [0.2, 0.25) is 0 Å². The van der Waals surface area contributed by atoms with Crippen molar-refractivity contribution in [2.75, 3.05) is 7.05 Å². The zero-order chi connectivity index (χ0) is 18.5. The molecule has 4 nitrogen and oxygen atoms in total. The van der Waals surface area contributed by atoms with Crippen LogP contribution in [0.15, 0.2) is 91.9 Å². The smallest absolute Gasteiger partial charge is 0.258 e. The van der Waals surface area contributed by atoms with Crippen LogP contribution in [0.3, 0.4) is 0 Å². The molecule has 0 N–H and O–H groups in total. The molecule has 0 atom stereocenters. The Bertz CT molecular complexity index is 980. The van der Waals surface area contributed by atoms with Crippen LogP contribution in [0, 0.1) is 0 Å². The van der Waals surface area contributed by atoms with Gasteiger partial charge in [0.05, 0.1) is 17.4 Å². The van der Waals surface area contributed by atoms with Crippen LogP contribution in [0.1, 0.15) is 15.9 Å². The lowest BCUT2D eigenvalue weighted by Gasteiger charge is -2.18. The fourth-order valence-electron chi connectivity index (χ4n) is 2.83. The molecule has 0 fully saturated rings. The molecule has 0 unspecified atom stereocenters. The molecule has 130 valence electrons. The van der Waals surface area contributed by atoms with Crippen LogP contribution in [-0.2, 0) is 6.54 Å². The number of likely N-dealkylation sites (N-methyl/N-ethyl adjacent to an activating group) is 1. The van der Waals surface area contributed by atoms with E-state index < -0.39 is 0 Å². The number of carbonyl (C=O) groups excluding carboxylic acids is 1. The Hall–Kier alpha value is -3.40. The normalized spacial score (nSPS) is 11.3. The second-order valence-electron chi connectivity index (χ2n) is 5.95. The average Bonchev–Trinajstić information content (AvgIpc) is 3.08. The highest BCUT2D eigenvalue weighted by atomic mass is 16.2. The summed E-state index contributed by atoms with van der Waals surface area (Å²) in [5.41, 5.74) is 4.52. The number of fused-ring (bicyclic) bond motifs is 1. The Morgan fingerprint density at radius 1 is 1.15 bits per heavy atom. The van der Waals surface area contributed by atoms with E-state index in [1.54, 1.807) is 30.2 Å². The number of para-hydroxylation sites is 2. The van der Waals surface area contributed by atoms with Gasteiger partial charge in [-0.15, -0.1) is 0 Å². The van der Waals surface area contributed by atoms with Crippen LogP contribution < -0.4 is 0 Å². The maximum absolute atomic E-state index is 12.6. The van der Waals surface area contributed by atoms with E-state index in [1.807, 2.05) is 48.8 Å². The van der Waals surface area contributed by atoms with Gasteiger partial charge in [0.15, 0.2) is 0 Å². The molecule has 1 aromatic heterocycles. The molecule has 0 aliphatic rings. The van der Waals surface area contributed by atoms with E-state index in [4.69, 9.17) is 0 Å². The fraction of sp³-hybridized carbons (Fsp3) is 0.0909. The Balaban J connectivity index is 1.78. The summed E-state index contributed by atoms with van der Waals surface area (Å²) in [6.45, 7) is 8.11. The van der Waals surface area contributed by atoms with Gasteiger partial charge in [0.25, 0.3) is 5.91 Å².